The van der Waals surface area contributed by atoms with E-state index in [0.29, 0.717) is 12.1 Å². The van der Waals surface area contributed by atoms with Crippen LogP contribution in [0.1, 0.15) is 16.7 Å². The summed E-state index contributed by atoms with van der Waals surface area (Å²) in [4.78, 5) is 12.9. The van der Waals surface area contributed by atoms with Crippen LogP contribution in [0.25, 0.3) is 0 Å². The lowest BCUT2D eigenvalue weighted by Gasteiger charge is -2.31. The molecule has 0 radical (unpaired) electrons. The van der Waals surface area contributed by atoms with Crippen molar-refractivity contribution in [1.82, 2.24) is 0 Å². The first-order valence-corrected chi connectivity index (χ1v) is 6.92. The lowest BCUT2D eigenvalue weighted by Crippen LogP contribution is -2.31. The Balaban J connectivity index is 1.95. The Kier molecular flexibility index (Phi) is 3.25. The van der Waals surface area contributed by atoms with Crippen molar-refractivity contribution in [3.05, 3.63) is 63.2 Å². The number of nitrogen functional groups attached to an aromatic ring is 1. The summed E-state index contributed by atoms with van der Waals surface area (Å²) in [6, 6.07) is 11.4. The molecule has 0 bridgehead atoms. The predicted molar refractivity (Wildman–Crippen MR) is 83.4 cm³/mol. The molecule has 2 aromatic carbocycles. The minimum Gasteiger partial charge on any atom is -0.398 e. The molecule has 2 N–H and O–H groups in total. The van der Waals surface area contributed by atoms with Crippen LogP contribution in [0, 0.1) is 17.0 Å². The van der Waals surface area contributed by atoms with E-state index in [2.05, 4.69) is 11.0 Å². The summed E-state index contributed by atoms with van der Waals surface area (Å²) in [5, 5.41) is 11.1. The van der Waals surface area contributed by atoms with E-state index in [1.165, 1.54) is 5.56 Å². The first-order valence-electron chi connectivity index (χ1n) is 6.92. The average molecular weight is 283 g/mol. The van der Waals surface area contributed by atoms with Crippen LogP contribution in [0.2, 0.25) is 0 Å². The average Bonchev–Trinajstić information content (AvgIpc) is 2.47. The maximum Gasteiger partial charge on any atom is 0.274 e. The fourth-order valence-electron chi connectivity index (χ4n) is 2.82. The second kappa shape index (κ2) is 5.09. The van der Waals surface area contributed by atoms with Gasteiger partial charge in [0.15, 0.2) is 0 Å². The number of rotatable bonds is 2. The number of anilines is 2. The van der Waals surface area contributed by atoms with Gasteiger partial charge in [-0.25, -0.2) is 0 Å². The Morgan fingerprint density at radius 2 is 2.10 bits per heavy atom. The summed E-state index contributed by atoms with van der Waals surface area (Å²) >= 11 is 0. The molecule has 0 unspecified atom stereocenters. The number of fused-ring (bicyclic) bond motifs is 1. The van der Waals surface area contributed by atoms with Gasteiger partial charge in [0.2, 0.25) is 0 Å². The van der Waals surface area contributed by atoms with Crippen LogP contribution in [0.3, 0.4) is 0 Å². The van der Waals surface area contributed by atoms with Crippen molar-refractivity contribution in [3.63, 3.8) is 0 Å². The Morgan fingerprint density at radius 3 is 2.86 bits per heavy atom. The summed E-state index contributed by atoms with van der Waals surface area (Å²) in [5.41, 5.74) is 11.0. The number of benzene rings is 2. The van der Waals surface area contributed by atoms with Crippen LogP contribution in [0.5, 0.6) is 0 Å². The molecule has 21 heavy (non-hydrogen) atoms. The van der Waals surface area contributed by atoms with Crippen molar-refractivity contribution in [2.24, 2.45) is 0 Å². The van der Waals surface area contributed by atoms with Gasteiger partial charge in [-0.15, -0.1) is 0 Å². The van der Waals surface area contributed by atoms with Crippen LogP contribution >= 0.6 is 0 Å². The molecule has 0 atom stereocenters. The molecule has 108 valence electrons. The maximum atomic E-state index is 11.1. The Labute approximate surface area is 123 Å². The molecule has 5 nitrogen and oxygen atoms in total. The second-order valence-electron chi connectivity index (χ2n) is 5.38. The van der Waals surface area contributed by atoms with Crippen LogP contribution in [0.15, 0.2) is 36.4 Å². The molecule has 0 aromatic heterocycles. The molecule has 0 fully saturated rings. The van der Waals surface area contributed by atoms with E-state index >= 15 is 0 Å². The van der Waals surface area contributed by atoms with Gasteiger partial charge in [0.25, 0.3) is 5.69 Å². The van der Waals surface area contributed by atoms with E-state index in [1.807, 2.05) is 18.2 Å². The third-order valence-corrected chi connectivity index (χ3v) is 4.06. The van der Waals surface area contributed by atoms with Gasteiger partial charge < -0.3 is 10.6 Å². The SMILES string of the molecule is Cc1ccc(N2CCc3cccc(N)c3C2)cc1[N+](=O)[O-]. The van der Waals surface area contributed by atoms with E-state index in [4.69, 9.17) is 5.73 Å². The first-order chi connectivity index (χ1) is 10.1. The van der Waals surface area contributed by atoms with Crippen molar-refractivity contribution in [1.29, 1.82) is 0 Å². The van der Waals surface area contributed by atoms with Crippen molar-refractivity contribution < 1.29 is 4.92 Å². The van der Waals surface area contributed by atoms with Gasteiger partial charge >= 0.3 is 0 Å². The molecule has 0 spiro atoms. The summed E-state index contributed by atoms with van der Waals surface area (Å²) in [5.74, 6) is 0. The predicted octanol–water partition coefficient (Wildman–Crippen LogP) is 3.05. The van der Waals surface area contributed by atoms with E-state index in [0.717, 1.165) is 29.9 Å². The molecular formula is C16H17N3O2. The van der Waals surface area contributed by atoms with Gasteiger partial charge in [0, 0.05) is 36.1 Å². The zero-order chi connectivity index (χ0) is 15.0. The molecule has 0 saturated heterocycles. The lowest BCUT2D eigenvalue weighted by molar-refractivity contribution is -0.385. The highest BCUT2D eigenvalue weighted by Crippen LogP contribution is 2.31. The molecule has 1 aliphatic rings. The minimum absolute atomic E-state index is 0.166. The fourth-order valence-corrected chi connectivity index (χ4v) is 2.82. The third-order valence-electron chi connectivity index (χ3n) is 4.06. The second-order valence-corrected chi connectivity index (χ2v) is 5.38. The normalized spacial score (nSPS) is 13.9. The molecule has 2 aromatic rings. The summed E-state index contributed by atoms with van der Waals surface area (Å²) in [6.45, 7) is 3.30. The highest BCUT2D eigenvalue weighted by molar-refractivity contribution is 5.60. The molecule has 1 aliphatic heterocycles. The first kappa shape index (κ1) is 13.4. The molecule has 3 rings (SSSR count). The summed E-state index contributed by atoms with van der Waals surface area (Å²) < 4.78 is 0. The number of hydrogen-bond acceptors (Lipinski definition) is 4. The molecule has 0 aliphatic carbocycles. The number of aryl methyl sites for hydroxylation is 1. The van der Waals surface area contributed by atoms with Gasteiger partial charge in [0.05, 0.1) is 4.92 Å². The number of nitrogens with zero attached hydrogens (tertiary/aromatic N) is 2. The quantitative estimate of drug-likeness (QED) is 0.522. The van der Waals surface area contributed by atoms with E-state index in [9.17, 15) is 10.1 Å². The van der Waals surface area contributed by atoms with Gasteiger partial charge in [-0.2, -0.15) is 0 Å². The minimum atomic E-state index is -0.328. The van der Waals surface area contributed by atoms with Gasteiger partial charge in [-0.1, -0.05) is 18.2 Å². The summed E-state index contributed by atoms with van der Waals surface area (Å²) in [7, 11) is 0. The van der Waals surface area contributed by atoms with Crippen molar-refractivity contribution >= 4 is 17.1 Å². The van der Waals surface area contributed by atoms with Crippen LogP contribution < -0.4 is 10.6 Å². The third kappa shape index (κ3) is 2.42. The van der Waals surface area contributed by atoms with Crippen molar-refractivity contribution in [3.8, 4) is 0 Å². The number of nitro groups is 1. The lowest BCUT2D eigenvalue weighted by atomic mass is 9.97. The van der Waals surface area contributed by atoms with Gasteiger partial charge in [-0.05, 0) is 36.6 Å². The zero-order valence-corrected chi connectivity index (χ0v) is 11.9. The summed E-state index contributed by atoms with van der Waals surface area (Å²) in [6.07, 6.45) is 0.905. The number of nitrogens with two attached hydrogens (primary N) is 1. The smallest absolute Gasteiger partial charge is 0.274 e. The fraction of sp³-hybridized carbons (Fsp3) is 0.250. The maximum absolute atomic E-state index is 11.1. The Bertz CT molecular complexity index is 713. The monoisotopic (exact) mass is 283 g/mol. The van der Waals surface area contributed by atoms with Gasteiger partial charge in [-0.3, -0.25) is 10.1 Å². The zero-order valence-electron chi connectivity index (χ0n) is 11.9. The molecule has 0 amide bonds. The Hall–Kier alpha value is -2.56. The van der Waals surface area contributed by atoms with Gasteiger partial charge in [0.1, 0.15) is 0 Å². The van der Waals surface area contributed by atoms with Crippen molar-refractivity contribution in [2.75, 3.05) is 17.2 Å². The van der Waals surface area contributed by atoms with E-state index in [-0.39, 0.29) is 10.6 Å². The highest BCUT2D eigenvalue weighted by atomic mass is 16.6. The Morgan fingerprint density at radius 1 is 1.29 bits per heavy atom. The molecule has 0 saturated carbocycles. The van der Waals surface area contributed by atoms with Crippen molar-refractivity contribution in [2.45, 2.75) is 19.9 Å². The number of hydrogen-bond donors (Lipinski definition) is 1. The molecular weight excluding hydrogens is 266 g/mol. The highest BCUT2D eigenvalue weighted by Gasteiger charge is 2.20. The largest absolute Gasteiger partial charge is 0.398 e. The number of nitro benzene ring substituents is 1. The van der Waals surface area contributed by atoms with E-state index < -0.39 is 0 Å². The topological polar surface area (TPSA) is 72.4 Å². The van der Waals surface area contributed by atoms with Crippen LogP contribution in [0.4, 0.5) is 17.1 Å². The van der Waals surface area contributed by atoms with Crippen LogP contribution in [-0.2, 0) is 13.0 Å². The molecule has 1 heterocycles. The molecule has 5 heteroatoms. The van der Waals surface area contributed by atoms with E-state index in [1.54, 1.807) is 19.1 Å². The van der Waals surface area contributed by atoms with Crippen LogP contribution in [-0.4, -0.2) is 11.5 Å². The standard InChI is InChI=1S/C16H17N3O2/c1-11-5-6-13(9-16(11)19(20)21)18-8-7-12-3-2-4-15(17)14(12)10-18/h2-6,9H,7-8,10,17H2,1H3.